The number of hydrogen-bond donors (Lipinski definition) is 0. The number of benzene rings is 1. The molecule has 3 aliphatic rings. The summed E-state index contributed by atoms with van der Waals surface area (Å²) in [5, 5.41) is 24.1. The second-order valence-corrected chi connectivity index (χ2v) is 10.4. The average Bonchev–Trinajstić information content (AvgIpc) is 2.97. The van der Waals surface area contributed by atoms with Crippen molar-refractivity contribution in [3.8, 4) is 0 Å². The van der Waals surface area contributed by atoms with Crippen molar-refractivity contribution in [2.75, 3.05) is 0 Å². The van der Waals surface area contributed by atoms with E-state index in [9.17, 15) is 24.6 Å². The number of aryl methyl sites for hydroxylation is 1. The number of carboxylic acid groups (broad SMARTS) is 1. The van der Waals surface area contributed by atoms with Crippen LogP contribution < -0.4 is 10.2 Å². The molecule has 1 saturated heterocycles. The molecule has 0 amide bonds. The predicted octanol–water partition coefficient (Wildman–Crippen LogP) is 2.38. The van der Waals surface area contributed by atoms with Gasteiger partial charge in [-0.25, -0.2) is 0 Å². The summed E-state index contributed by atoms with van der Waals surface area (Å²) in [5.41, 5.74) is -1.33. The molecule has 1 aromatic rings. The first kappa shape index (κ1) is 30.1. The first-order valence-corrected chi connectivity index (χ1v) is 12.4. The van der Waals surface area contributed by atoms with E-state index in [1.807, 2.05) is 19.1 Å². The number of allylic oxidation sites excluding steroid dienone is 3. The molecule has 1 heterocycles. The number of ether oxygens (including phenoxy) is 2. The minimum absolute atomic E-state index is 0. The van der Waals surface area contributed by atoms with Gasteiger partial charge in [0.1, 0.15) is 16.6 Å². The summed E-state index contributed by atoms with van der Waals surface area (Å²) in [7, 11) is 0. The van der Waals surface area contributed by atoms with Crippen LogP contribution in [0.15, 0.2) is 64.7 Å². The molecule has 0 unspecified atom stereocenters. The third kappa shape index (κ3) is 5.36. The first-order valence-electron chi connectivity index (χ1n) is 12.4. The van der Waals surface area contributed by atoms with Crippen LogP contribution in [0.1, 0.15) is 58.4 Å². The molecule has 4 atom stereocenters. The summed E-state index contributed by atoms with van der Waals surface area (Å²) in [6.45, 7) is 6.42. The third-order valence-corrected chi connectivity index (χ3v) is 8.05. The van der Waals surface area contributed by atoms with Crippen LogP contribution in [0.5, 0.6) is 0 Å². The number of carboxylic acids is 1. The molecule has 0 spiro atoms. The molecule has 38 heavy (non-hydrogen) atoms. The number of carbonyl (C=O) groups is 3. The quantitative estimate of drug-likeness (QED) is 0.134. The number of aliphatic carboxylic acids is 1. The van der Waals surface area contributed by atoms with Crippen molar-refractivity contribution in [1.82, 2.24) is 0 Å². The van der Waals surface area contributed by atoms with E-state index in [1.165, 1.54) is 26.0 Å². The van der Waals surface area contributed by atoms with Crippen molar-refractivity contribution in [3.05, 3.63) is 65.3 Å². The van der Waals surface area contributed by atoms with E-state index in [0.29, 0.717) is 24.1 Å². The zero-order valence-corrected chi connectivity index (χ0v) is 24.5. The van der Waals surface area contributed by atoms with Crippen LogP contribution in [0, 0.1) is 18.3 Å². The van der Waals surface area contributed by atoms with E-state index in [0.717, 1.165) is 5.56 Å². The molecular weight excluding hydrogens is 514 g/mol. The van der Waals surface area contributed by atoms with Gasteiger partial charge in [-0.05, 0) is 88.1 Å². The smallest absolute Gasteiger partial charge is 0.858 e. The average molecular weight is 546 g/mol. The molecule has 0 radical (unpaired) electrons. The summed E-state index contributed by atoms with van der Waals surface area (Å²) in [6, 6.07) is 7.31. The topological polar surface area (TPSA) is 128 Å². The first-order chi connectivity index (χ1) is 17.4. The predicted molar refractivity (Wildman–Crippen MR) is 138 cm³/mol. The molecular formula is C29H31CaNO7. The SMILES string of the molecule is CC(=O)O[C@]12CCC(C([O-])=Nc3ccc(C)cc3)=CC[C@]13CC[C@H]2[C@@](C)(/C=C/C=C(\C)C(=O)[O-])OC3=O.[Ca+2]. The summed E-state index contributed by atoms with van der Waals surface area (Å²) >= 11 is 0. The molecule has 196 valence electrons. The summed E-state index contributed by atoms with van der Waals surface area (Å²) in [5.74, 6) is -3.06. The van der Waals surface area contributed by atoms with Crippen molar-refractivity contribution in [1.29, 1.82) is 0 Å². The zero-order valence-electron chi connectivity index (χ0n) is 22.2. The number of carbonyl (C=O) groups excluding carboxylic acids is 3. The Morgan fingerprint density at radius 2 is 1.84 bits per heavy atom. The van der Waals surface area contributed by atoms with Crippen molar-refractivity contribution >= 4 is 67.2 Å². The van der Waals surface area contributed by atoms with Crippen molar-refractivity contribution in [2.45, 2.75) is 71.0 Å². The molecule has 4 rings (SSSR count). The Morgan fingerprint density at radius 3 is 2.47 bits per heavy atom. The van der Waals surface area contributed by atoms with Gasteiger partial charge in [0.2, 0.25) is 0 Å². The maximum atomic E-state index is 13.7. The summed E-state index contributed by atoms with van der Waals surface area (Å²) in [4.78, 5) is 41.4. The fourth-order valence-corrected chi connectivity index (χ4v) is 6.13. The largest absolute Gasteiger partial charge is 2.00 e. The van der Waals surface area contributed by atoms with E-state index in [4.69, 9.17) is 9.47 Å². The Bertz CT molecular complexity index is 1250. The molecule has 2 bridgehead atoms. The van der Waals surface area contributed by atoms with Crippen LogP contribution in [0.4, 0.5) is 5.69 Å². The molecule has 1 aliphatic heterocycles. The number of cyclic esters (lactones) is 1. The minimum atomic E-state index is -1.30. The normalized spacial score (nSPS) is 31.0. The molecule has 2 aliphatic carbocycles. The van der Waals surface area contributed by atoms with Gasteiger partial charge in [-0.3, -0.25) is 14.6 Å². The van der Waals surface area contributed by atoms with Gasteiger partial charge in [0.25, 0.3) is 0 Å². The fraction of sp³-hybridized carbons (Fsp3) is 0.448. The molecule has 9 heteroatoms. The second kappa shape index (κ2) is 11.4. The number of aliphatic imine (C=N–C) groups is 1. The number of nitrogens with zero attached hydrogens (tertiary/aromatic N) is 1. The van der Waals surface area contributed by atoms with Crippen molar-refractivity contribution in [3.63, 3.8) is 0 Å². The van der Waals surface area contributed by atoms with Crippen LogP contribution in [-0.2, 0) is 23.9 Å². The van der Waals surface area contributed by atoms with Gasteiger partial charge in [-0.15, -0.1) is 0 Å². The van der Waals surface area contributed by atoms with E-state index in [1.54, 1.807) is 31.2 Å². The standard InChI is InChI=1S/C29H33NO7.Ca/c1-18-7-9-22(10-8-18)30-24(32)21-11-15-28-16-13-23(29(28,17-12-21)36-20(3)31)27(4,37-26(28)35)14-5-6-19(2)25(33)34;/h5-11,14,23H,12-13,15-17H2,1-4H3,(H,30,32)(H,33,34);/q;+2/p-2/b14-5+,19-6+;/t23-,27+,28+,29-;/m0./s1. The molecule has 2 fully saturated rings. The molecule has 8 nitrogen and oxygen atoms in total. The monoisotopic (exact) mass is 545 g/mol. The molecule has 1 aromatic carbocycles. The Kier molecular flexibility index (Phi) is 9.01. The van der Waals surface area contributed by atoms with Gasteiger partial charge in [-0.2, -0.15) is 0 Å². The maximum Gasteiger partial charge on any atom is 2.00 e. The molecule has 0 N–H and O–H groups in total. The third-order valence-electron chi connectivity index (χ3n) is 8.05. The Morgan fingerprint density at radius 1 is 1.16 bits per heavy atom. The fourth-order valence-electron chi connectivity index (χ4n) is 6.13. The van der Waals surface area contributed by atoms with Gasteiger partial charge in [0.15, 0.2) is 0 Å². The number of rotatable bonds is 6. The number of hydrogen-bond acceptors (Lipinski definition) is 8. The number of esters is 2. The second-order valence-electron chi connectivity index (χ2n) is 10.4. The van der Waals surface area contributed by atoms with Crippen LogP contribution in [0.25, 0.3) is 0 Å². The van der Waals surface area contributed by atoms with Crippen LogP contribution in [-0.4, -0.2) is 72.7 Å². The van der Waals surface area contributed by atoms with Gasteiger partial charge >= 0.3 is 49.7 Å². The zero-order chi connectivity index (χ0) is 27.0. The van der Waals surface area contributed by atoms with Gasteiger partial charge in [0, 0.05) is 12.8 Å². The molecule has 1 saturated carbocycles. The van der Waals surface area contributed by atoms with E-state index in [2.05, 4.69) is 4.99 Å². The van der Waals surface area contributed by atoms with E-state index in [-0.39, 0.29) is 74.4 Å². The summed E-state index contributed by atoms with van der Waals surface area (Å²) < 4.78 is 12.0. The van der Waals surface area contributed by atoms with Gasteiger partial charge < -0.3 is 24.5 Å². The van der Waals surface area contributed by atoms with E-state index >= 15 is 0 Å². The van der Waals surface area contributed by atoms with Crippen molar-refractivity contribution in [2.24, 2.45) is 16.3 Å². The Hall–Kier alpha value is -2.42. The van der Waals surface area contributed by atoms with Crippen LogP contribution in [0.2, 0.25) is 0 Å². The van der Waals surface area contributed by atoms with Crippen LogP contribution >= 0.6 is 0 Å². The minimum Gasteiger partial charge on any atom is -0.858 e. The van der Waals surface area contributed by atoms with Crippen LogP contribution in [0.3, 0.4) is 0 Å². The molecule has 0 aromatic heterocycles. The Labute approximate surface area is 252 Å². The maximum absolute atomic E-state index is 13.7. The van der Waals surface area contributed by atoms with E-state index < -0.39 is 34.5 Å². The Balaban J connectivity index is 0.00000400. The van der Waals surface area contributed by atoms with Gasteiger partial charge in [-0.1, -0.05) is 35.9 Å². The van der Waals surface area contributed by atoms with Crippen molar-refractivity contribution < 1.29 is 34.1 Å². The van der Waals surface area contributed by atoms with Gasteiger partial charge in [0.05, 0.1) is 11.7 Å². The summed E-state index contributed by atoms with van der Waals surface area (Å²) in [6.07, 6.45) is 8.04.